The number of aliphatic imine (C=N–C) groups is 1. The van der Waals surface area contributed by atoms with Crippen LogP contribution in [-0.4, -0.2) is 79.2 Å². The van der Waals surface area contributed by atoms with Crippen LogP contribution in [0.5, 0.6) is 0 Å². The normalized spacial score (nSPS) is 14.4. The van der Waals surface area contributed by atoms with E-state index in [1.54, 1.807) is 4.90 Å². The molecule has 1 heterocycles. The Balaban J connectivity index is 0.00000784. The quantitative estimate of drug-likeness (QED) is 0.198. The van der Waals surface area contributed by atoms with Crippen LogP contribution >= 0.6 is 24.0 Å². The van der Waals surface area contributed by atoms with Gasteiger partial charge >= 0.3 is 6.09 Å². The standard InChI is InChI=1S/C20H39N5O3.HI/c1-6-13-25(19(27)28-20(3,4)5)16-12-23-18(21-7-2)22-11-9-15-24-14-8-10-17(24)26;/h6-16H2,1-5H3,(H2,21,22,23);1H. The van der Waals surface area contributed by atoms with Crippen LogP contribution in [0.25, 0.3) is 0 Å². The molecule has 0 saturated carbocycles. The van der Waals surface area contributed by atoms with E-state index in [9.17, 15) is 9.59 Å². The number of guanidine groups is 1. The second-order valence-corrected chi connectivity index (χ2v) is 7.99. The molecule has 1 fully saturated rings. The van der Waals surface area contributed by atoms with Gasteiger partial charge in [-0.25, -0.2) is 4.79 Å². The molecule has 8 nitrogen and oxygen atoms in total. The van der Waals surface area contributed by atoms with E-state index in [0.29, 0.717) is 32.6 Å². The fourth-order valence-electron chi connectivity index (χ4n) is 2.93. The van der Waals surface area contributed by atoms with E-state index in [2.05, 4.69) is 15.6 Å². The van der Waals surface area contributed by atoms with Crippen LogP contribution in [0.2, 0.25) is 0 Å². The Morgan fingerprint density at radius 2 is 1.97 bits per heavy atom. The number of hydrogen-bond donors (Lipinski definition) is 2. The van der Waals surface area contributed by atoms with Crippen molar-refractivity contribution in [3.8, 4) is 0 Å². The molecule has 2 amide bonds. The molecule has 2 N–H and O–H groups in total. The zero-order chi connectivity index (χ0) is 21.0. The summed E-state index contributed by atoms with van der Waals surface area (Å²) in [5.41, 5.74) is -0.496. The summed E-state index contributed by atoms with van der Waals surface area (Å²) in [7, 11) is 0. The first kappa shape index (κ1) is 27.7. The lowest BCUT2D eigenvalue weighted by Crippen LogP contribution is -2.44. The molecule has 0 radical (unpaired) electrons. The lowest BCUT2D eigenvalue weighted by Gasteiger charge is -2.27. The monoisotopic (exact) mass is 525 g/mol. The summed E-state index contributed by atoms with van der Waals surface area (Å²) in [6, 6.07) is 0. The SMILES string of the molecule is CCCN(CCNC(=NCCCN1CCCC1=O)NCC)C(=O)OC(C)(C)C.I. The molecule has 1 rings (SSSR count). The predicted octanol–water partition coefficient (Wildman–Crippen LogP) is 2.82. The van der Waals surface area contributed by atoms with Gasteiger partial charge in [0.15, 0.2) is 5.96 Å². The molecule has 170 valence electrons. The summed E-state index contributed by atoms with van der Waals surface area (Å²) >= 11 is 0. The van der Waals surface area contributed by atoms with Crippen molar-refractivity contribution < 1.29 is 14.3 Å². The molecular weight excluding hydrogens is 485 g/mol. The molecule has 0 spiro atoms. The Bertz CT molecular complexity index is 523. The van der Waals surface area contributed by atoms with Gasteiger partial charge in [-0.1, -0.05) is 6.92 Å². The van der Waals surface area contributed by atoms with Crippen LogP contribution in [0.4, 0.5) is 4.79 Å². The third-order valence-electron chi connectivity index (χ3n) is 4.19. The summed E-state index contributed by atoms with van der Waals surface area (Å²) in [6.45, 7) is 14.6. The molecule has 0 atom stereocenters. The summed E-state index contributed by atoms with van der Waals surface area (Å²) in [4.78, 5) is 32.1. The number of hydrogen-bond acceptors (Lipinski definition) is 4. The lowest BCUT2D eigenvalue weighted by atomic mass is 10.2. The van der Waals surface area contributed by atoms with Crippen LogP contribution in [0.3, 0.4) is 0 Å². The minimum Gasteiger partial charge on any atom is -0.444 e. The molecule has 0 aromatic heterocycles. The van der Waals surface area contributed by atoms with E-state index in [1.165, 1.54) is 0 Å². The number of ether oxygens (including phenoxy) is 1. The van der Waals surface area contributed by atoms with Crippen LogP contribution in [0, 0.1) is 0 Å². The van der Waals surface area contributed by atoms with Gasteiger partial charge in [0.05, 0.1) is 0 Å². The van der Waals surface area contributed by atoms with Gasteiger partial charge < -0.3 is 25.2 Å². The molecule has 1 aliphatic heterocycles. The molecule has 0 aromatic carbocycles. The fourth-order valence-corrected chi connectivity index (χ4v) is 2.93. The van der Waals surface area contributed by atoms with Gasteiger partial charge in [-0.2, -0.15) is 0 Å². The van der Waals surface area contributed by atoms with Gasteiger partial charge in [0.2, 0.25) is 5.91 Å². The molecule has 0 bridgehead atoms. The van der Waals surface area contributed by atoms with Crippen molar-refractivity contribution in [2.24, 2.45) is 4.99 Å². The first-order chi connectivity index (χ1) is 13.3. The Morgan fingerprint density at radius 1 is 1.24 bits per heavy atom. The number of carbonyl (C=O) groups excluding carboxylic acids is 2. The fraction of sp³-hybridized carbons (Fsp3) is 0.850. The smallest absolute Gasteiger partial charge is 0.410 e. The van der Waals surface area contributed by atoms with Crippen molar-refractivity contribution in [3.63, 3.8) is 0 Å². The number of halogens is 1. The van der Waals surface area contributed by atoms with Gasteiger partial charge in [-0.3, -0.25) is 9.79 Å². The van der Waals surface area contributed by atoms with E-state index in [0.717, 1.165) is 44.9 Å². The van der Waals surface area contributed by atoms with Crippen LogP contribution in [0.15, 0.2) is 4.99 Å². The van der Waals surface area contributed by atoms with Gasteiger partial charge in [0, 0.05) is 52.2 Å². The molecule has 9 heteroatoms. The molecule has 0 unspecified atom stereocenters. The van der Waals surface area contributed by atoms with E-state index in [1.807, 2.05) is 39.5 Å². The summed E-state index contributed by atoms with van der Waals surface area (Å²) in [5, 5.41) is 6.49. The van der Waals surface area contributed by atoms with Crippen LogP contribution < -0.4 is 10.6 Å². The largest absolute Gasteiger partial charge is 0.444 e. The van der Waals surface area contributed by atoms with Gasteiger partial charge in [-0.05, 0) is 47.0 Å². The predicted molar refractivity (Wildman–Crippen MR) is 128 cm³/mol. The summed E-state index contributed by atoms with van der Waals surface area (Å²) < 4.78 is 5.48. The van der Waals surface area contributed by atoms with Crippen LogP contribution in [0.1, 0.15) is 60.3 Å². The average Bonchev–Trinajstić information content (AvgIpc) is 3.01. The maximum absolute atomic E-state index is 12.3. The van der Waals surface area contributed by atoms with Crippen molar-refractivity contribution in [1.82, 2.24) is 20.4 Å². The Labute approximate surface area is 193 Å². The summed E-state index contributed by atoms with van der Waals surface area (Å²) in [5.74, 6) is 0.989. The van der Waals surface area contributed by atoms with Crippen molar-refractivity contribution >= 4 is 41.9 Å². The summed E-state index contributed by atoms with van der Waals surface area (Å²) in [6.07, 6.45) is 3.09. The van der Waals surface area contributed by atoms with Crippen molar-refractivity contribution in [3.05, 3.63) is 0 Å². The van der Waals surface area contributed by atoms with Crippen molar-refractivity contribution in [2.75, 3.05) is 45.8 Å². The first-order valence-electron chi connectivity index (χ1n) is 10.5. The maximum Gasteiger partial charge on any atom is 0.410 e. The van der Waals surface area contributed by atoms with Crippen molar-refractivity contribution in [2.45, 2.75) is 65.9 Å². The van der Waals surface area contributed by atoms with Crippen molar-refractivity contribution in [1.29, 1.82) is 0 Å². The van der Waals surface area contributed by atoms with E-state index in [-0.39, 0.29) is 36.0 Å². The number of nitrogens with zero attached hydrogens (tertiary/aromatic N) is 3. The van der Waals surface area contributed by atoms with E-state index < -0.39 is 5.60 Å². The number of amides is 2. The second-order valence-electron chi connectivity index (χ2n) is 7.99. The van der Waals surface area contributed by atoms with Gasteiger partial charge in [0.25, 0.3) is 0 Å². The molecule has 0 aliphatic carbocycles. The Hall–Kier alpha value is -1.26. The third kappa shape index (κ3) is 12.1. The third-order valence-corrected chi connectivity index (χ3v) is 4.19. The number of rotatable bonds is 10. The first-order valence-corrected chi connectivity index (χ1v) is 10.5. The number of carbonyl (C=O) groups is 2. The maximum atomic E-state index is 12.3. The molecule has 0 aromatic rings. The Kier molecular flexibility index (Phi) is 14.0. The zero-order valence-corrected chi connectivity index (χ0v) is 21.1. The number of nitrogens with one attached hydrogen (secondary N) is 2. The molecule has 29 heavy (non-hydrogen) atoms. The average molecular weight is 525 g/mol. The van der Waals surface area contributed by atoms with Gasteiger partial charge in [0.1, 0.15) is 5.60 Å². The highest BCUT2D eigenvalue weighted by Gasteiger charge is 2.21. The molecule has 1 aliphatic rings. The topological polar surface area (TPSA) is 86.3 Å². The van der Waals surface area contributed by atoms with Crippen LogP contribution in [-0.2, 0) is 9.53 Å². The minimum absolute atomic E-state index is 0. The lowest BCUT2D eigenvalue weighted by molar-refractivity contribution is -0.127. The Morgan fingerprint density at radius 3 is 2.52 bits per heavy atom. The van der Waals surface area contributed by atoms with E-state index >= 15 is 0 Å². The number of likely N-dealkylation sites (tertiary alicyclic amines) is 1. The second kappa shape index (κ2) is 14.7. The van der Waals surface area contributed by atoms with E-state index in [4.69, 9.17) is 4.74 Å². The molecule has 1 saturated heterocycles. The highest BCUT2D eigenvalue weighted by atomic mass is 127. The highest BCUT2D eigenvalue weighted by Crippen LogP contribution is 2.10. The highest BCUT2D eigenvalue weighted by molar-refractivity contribution is 14.0. The van der Waals surface area contributed by atoms with Gasteiger partial charge in [-0.15, -0.1) is 24.0 Å². The minimum atomic E-state index is -0.496. The molecular formula is C20H40IN5O3. The zero-order valence-electron chi connectivity index (χ0n) is 18.8.